The Morgan fingerprint density at radius 1 is 0.809 bits per heavy atom. The third-order valence-corrected chi connectivity index (χ3v) is 7.03. The minimum absolute atomic E-state index is 0.0327. The molecule has 0 heterocycles. The predicted molar refractivity (Wildman–Crippen MR) is 175 cm³/mol. The summed E-state index contributed by atoms with van der Waals surface area (Å²) in [6, 6.07) is -5.57. The second-order valence-corrected chi connectivity index (χ2v) is 11.6. The lowest BCUT2D eigenvalue weighted by atomic mass is 9.97. The van der Waals surface area contributed by atoms with Crippen LogP contribution in [0.1, 0.15) is 66.2 Å². The molecule has 0 aromatic carbocycles. The monoisotopic (exact) mass is 667 g/mol. The van der Waals surface area contributed by atoms with E-state index in [1.165, 1.54) is 0 Å². The van der Waals surface area contributed by atoms with Gasteiger partial charge >= 0.3 is 0 Å². The van der Waals surface area contributed by atoms with E-state index in [2.05, 4.69) is 38.2 Å². The zero-order valence-corrected chi connectivity index (χ0v) is 27.7. The van der Waals surface area contributed by atoms with Crippen molar-refractivity contribution >= 4 is 47.3 Å². The number of nitrogens with zero attached hydrogens (tertiary/aromatic N) is 1. The van der Waals surface area contributed by atoms with Crippen molar-refractivity contribution in [2.45, 2.75) is 96.4 Å². The van der Waals surface area contributed by atoms with Crippen molar-refractivity contribution in [2.24, 2.45) is 45.5 Å². The summed E-state index contributed by atoms with van der Waals surface area (Å²) in [5, 5.41) is 12.5. The number of guanidine groups is 1. The van der Waals surface area contributed by atoms with Crippen LogP contribution in [0, 0.1) is 11.8 Å². The Hall–Kier alpha value is -4.74. The molecule has 0 fully saturated rings. The highest BCUT2D eigenvalue weighted by Gasteiger charge is 2.31. The lowest BCUT2D eigenvalue weighted by Gasteiger charge is -2.26. The molecule has 0 aliphatic carbocycles. The van der Waals surface area contributed by atoms with E-state index >= 15 is 0 Å². The third-order valence-electron chi connectivity index (χ3n) is 7.03. The topological polar surface area (TPSA) is 322 Å². The Balaban J connectivity index is 5.55. The van der Waals surface area contributed by atoms with Crippen LogP contribution in [0.3, 0.4) is 0 Å². The van der Waals surface area contributed by atoms with Crippen LogP contribution >= 0.6 is 0 Å². The van der Waals surface area contributed by atoms with Gasteiger partial charge < -0.3 is 55.3 Å². The number of primary amides is 2. The maximum atomic E-state index is 13.1. The molecule has 1 unspecified atom stereocenters. The Labute approximate surface area is 275 Å². The van der Waals surface area contributed by atoms with Gasteiger partial charge in [0.1, 0.15) is 24.2 Å². The SMILES string of the molecule is C=CC(NC(=O)[C@@H](N)CCC(N)=O)C(=O)N[C@H](C(=O)NCC(=O)N[C@@H](CCCN=C(N)N)C(=O)N[C@@H](CC(C)C)C(N)=O)[C@@H](C)CC. The molecule has 0 bridgehead atoms. The highest BCUT2D eigenvalue weighted by atomic mass is 16.2. The first-order valence-electron chi connectivity index (χ1n) is 15.4. The Bertz CT molecular complexity index is 1140. The van der Waals surface area contributed by atoms with Crippen LogP contribution in [-0.4, -0.2) is 90.6 Å². The van der Waals surface area contributed by atoms with E-state index in [-0.39, 0.29) is 44.1 Å². The molecular formula is C29H53N11O7. The van der Waals surface area contributed by atoms with E-state index in [0.717, 1.165) is 6.08 Å². The molecule has 0 radical (unpaired) electrons. The van der Waals surface area contributed by atoms with Crippen molar-refractivity contribution in [3.05, 3.63) is 12.7 Å². The largest absolute Gasteiger partial charge is 0.370 e. The van der Waals surface area contributed by atoms with Gasteiger partial charge in [-0.1, -0.05) is 40.2 Å². The Morgan fingerprint density at radius 3 is 1.96 bits per heavy atom. The lowest BCUT2D eigenvalue weighted by Crippen LogP contribution is -2.58. The fraction of sp³-hybridized carbons (Fsp3) is 0.655. The van der Waals surface area contributed by atoms with Crippen molar-refractivity contribution in [3.63, 3.8) is 0 Å². The first kappa shape index (κ1) is 42.3. The van der Waals surface area contributed by atoms with Gasteiger partial charge in [-0.2, -0.15) is 0 Å². The summed E-state index contributed by atoms with van der Waals surface area (Å²) in [6.45, 7) is 10.4. The molecule has 0 aliphatic heterocycles. The second-order valence-electron chi connectivity index (χ2n) is 11.6. The molecule has 15 N–H and O–H groups in total. The molecule has 0 spiro atoms. The number of amides is 7. The number of rotatable bonds is 23. The molecule has 6 atom stereocenters. The normalized spacial score (nSPS) is 14.6. The molecule has 0 aromatic rings. The molecule has 0 rings (SSSR count). The van der Waals surface area contributed by atoms with Crippen LogP contribution in [0.4, 0.5) is 0 Å². The lowest BCUT2D eigenvalue weighted by molar-refractivity contribution is -0.134. The van der Waals surface area contributed by atoms with Gasteiger partial charge in [-0.05, 0) is 37.5 Å². The zero-order valence-electron chi connectivity index (χ0n) is 27.7. The number of carbonyl (C=O) groups excluding carboxylic acids is 7. The van der Waals surface area contributed by atoms with Crippen molar-refractivity contribution in [2.75, 3.05) is 13.1 Å². The van der Waals surface area contributed by atoms with Gasteiger partial charge in [0, 0.05) is 13.0 Å². The summed E-state index contributed by atoms with van der Waals surface area (Å²) in [5.74, 6) is -5.44. The summed E-state index contributed by atoms with van der Waals surface area (Å²) in [5.41, 5.74) is 27.0. The van der Waals surface area contributed by atoms with Crippen molar-refractivity contribution in [3.8, 4) is 0 Å². The van der Waals surface area contributed by atoms with Crippen LogP contribution in [0.15, 0.2) is 17.6 Å². The van der Waals surface area contributed by atoms with E-state index in [0.29, 0.717) is 12.8 Å². The van der Waals surface area contributed by atoms with Gasteiger partial charge in [0.25, 0.3) is 0 Å². The molecule has 0 aromatic heterocycles. The fourth-order valence-corrected chi connectivity index (χ4v) is 4.15. The van der Waals surface area contributed by atoms with Crippen LogP contribution in [0.25, 0.3) is 0 Å². The van der Waals surface area contributed by atoms with Gasteiger partial charge in [-0.15, -0.1) is 6.58 Å². The van der Waals surface area contributed by atoms with Gasteiger partial charge in [0.15, 0.2) is 5.96 Å². The minimum atomic E-state index is -1.26. The smallest absolute Gasteiger partial charge is 0.247 e. The van der Waals surface area contributed by atoms with Crippen LogP contribution in [0.5, 0.6) is 0 Å². The van der Waals surface area contributed by atoms with Crippen molar-refractivity contribution < 1.29 is 33.6 Å². The van der Waals surface area contributed by atoms with Crippen LogP contribution in [-0.2, 0) is 33.6 Å². The van der Waals surface area contributed by atoms with Gasteiger partial charge in [0.2, 0.25) is 41.4 Å². The number of carbonyl (C=O) groups is 7. The summed E-state index contributed by atoms with van der Waals surface area (Å²) in [6.07, 6.45) is 2.13. The maximum Gasteiger partial charge on any atom is 0.247 e. The molecule has 0 saturated carbocycles. The third kappa shape index (κ3) is 17.5. The maximum absolute atomic E-state index is 13.1. The molecule has 7 amide bonds. The minimum Gasteiger partial charge on any atom is -0.370 e. The van der Waals surface area contributed by atoms with Crippen LogP contribution in [0.2, 0.25) is 0 Å². The van der Waals surface area contributed by atoms with E-state index in [4.69, 9.17) is 28.7 Å². The Kier molecular flexibility index (Phi) is 19.7. The van der Waals surface area contributed by atoms with E-state index in [9.17, 15) is 33.6 Å². The second kappa shape index (κ2) is 21.9. The molecule has 0 saturated heterocycles. The molecule has 18 heteroatoms. The number of hydrogen-bond donors (Lipinski definition) is 10. The molecule has 18 nitrogen and oxygen atoms in total. The van der Waals surface area contributed by atoms with Gasteiger partial charge in [-0.25, -0.2) is 0 Å². The molecule has 47 heavy (non-hydrogen) atoms. The average molecular weight is 668 g/mol. The number of nitrogens with two attached hydrogens (primary N) is 5. The highest BCUT2D eigenvalue weighted by molar-refractivity contribution is 5.96. The first-order chi connectivity index (χ1) is 21.9. The van der Waals surface area contributed by atoms with E-state index in [1.54, 1.807) is 13.8 Å². The first-order valence-corrected chi connectivity index (χ1v) is 15.4. The Morgan fingerprint density at radius 2 is 1.45 bits per heavy atom. The number of aliphatic imine (C=N–C) groups is 1. The number of nitrogens with one attached hydrogen (secondary N) is 5. The van der Waals surface area contributed by atoms with Crippen LogP contribution < -0.4 is 55.3 Å². The van der Waals surface area contributed by atoms with E-state index in [1.807, 2.05) is 13.8 Å². The summed E-state index contributed by atoms with van der Waals surface area (Å²) >= 11 is 0. The predicted octanol–water partition coefficient (Wildman–Crippen LogP) is -3.55. The molecule has 0 aliphatic rings. The van der Waals surface area contributed by atoms with Gasteiger partial charge in [0.05, 0.1) is 12.6 Å². The quantitative estimate of drug-likeness (QED) is 0.0221. The summed E-state index contributed by atoms with van der Waals surface area (Å²) in [4.78, 5) is 91.2. The van der Waals surface area contributed by atoms with Crippen molar-refractivity contribution in [1.29, 1.82) is 0 Å². The molecule has 266 valence electrons. The highest BCUT2D eigenvalue weighted by Crippen LogP contribution is 2.09. The van der Waals surface area contributed by atoms with E-state index < -0.39 is 84.0 Å². The van der Waals surface area contributed by atoms with Crippen molar-refractivity contribution in [1.82, 2.24) is 26.6 Å². The summed E-state index contributed by atoms with van der Waals surface area (Å²) < 4.78 is 0. The van der Waals surface area contributed by atoms with Gasteiger partial charge in [-0.3, -0.25) is 38.6 Å². The fourth-order valence-electron chi connectivity index (χ4n) is 4.15. The number of hydrogen-bond acceptors (Lipinski definition) is 9. The summed E-state index contributed by atoms with van der Waals surface area (Å²) in [7, 11) is 0. The standard InChI is InChI=1S/C29H53N11O7/c1-6-16(5)23(40-26(45)18(7-2)38-25(44)17(30)10-11-21(31)41)28(47)36-14-22(42)37-19(9-8-12-35-29(33)34)27(46)39-20(24(32)43)13-15(3)4/h7,15-20,23H,2,6,8-14,30H2,1,3-5H3,(H2,31,41)(H2,32,43)(H,36,47)(H,37,42)(H,38,44)(H,39,46)(H,40,45)(H4,33,34,35)/t16-,17-,18?,19-,20-,23-/m0/s1. The average Bonchev–Trinajstić information content (AvgIpc) is 2.99. The zero-order chi connectivity index (χ0) is 36.3. The molecular weight excluding hydrogens is 614 g/mol.